The SMILES string of the molecule is CC1CCCN(C(N)=NCc2nnc3n2CCC3)C1. The lowest BCUT2D eigenvalue weighted by atomic mass is 10.0. The minimum Gasteiger partial charge on any atom is -0.370 e. The summed E-state index contributed by atoms with van der Waals surface area (Å²) in [4.78, 5) is 6.69. The molecule has 3 rings (SSSR count). The van der Waals surface area contributed by atoms with Gasteiger partial charge in [-0.15, -0.1) is 10.2 Å². The second-order valence-electron chi connectivity index (χ2n) is 5.66. The predicted octanol–water partition coefficient (Wildman–Crippen LogP) is 0.771. The van der Waals surface area contributed by atoms with Gasteiger partial charge in [0.05, 0.1) is 0 Å². The zero-order valence-corrected chi connectivity index (χ0v) is 11.5. The highest BCUT2D eigenvalue weighted by Crippen LogP contribution is 2.16. The molecule has 0 radical (unpaired) electrons. The molecule has 0 spiro atoms. The lowest BCUT2D eigenvalue weighted by molar-refractivity contribution is 0.270. The van der Waals surface area contributed by atoms with Gasteiger partial charge in [-0.3, -0.25) is 0 Å². The van der Waals surface area contributed by atoms with Gasteiger partial charge in [0.25, 0.3) is 0 Å². The van der Waals surface area contributed by atoms with Crippen molar-refractivity contribution in [3.63, 3.8) is 0 Å². The number of aromatic nitrogens is 3. The standard InChI is InChI=1S/C13H22N6/c1-10-4-2-6-18(9-10)13(14)15-8-12-17-16-11-5-3-7-19(11)12/h10H,2-9H2,1H3,(H2,14,15). The number of guanidine groups is 1. The van der Waals surface area contributed by atoms with Gasteiger partial charge >= 0.3 is 0 Å². The first kappa shape index (κ1) is 12.4. The molecular weight excluding hydrogens is 240 g/mol. The van der Waals surface area contributed by atoms with Crippen molar-refractivity contribution in [3.05, 3.63) is 11.6 Å². The predicted molar refractivity (Wildman–Crippen MR) is 73.6 cm³/mol. The Morgan fingerprint density at radius 3 is 3.11 bits per heavy atom. The van der Waals surface area contributed by atoms with Gasteiger partial charge in [0.1, 0.15) is 12.4 Å². The fraction of sp³-hybridized carbons (Fsp3) is 0.769. The molecule has 0 amide bonds. The van der Waals surface area contributed by atoms with Crippen molar-refractivity contribution in [2.45, 2.75) is 45.7 Å². The zero-order chi connectivity index (χ0) is 13.2. The molecule has 1 atom stereocenters. The van der Waals surface area contributed by atoms with Gasteiger partial charge in [-0.25, -0.2) is 4.99 Å². The number of aryl methyl sites for hydroxylation is 1. The number of nitrogens with two attached hydrogens (primary N) is 1. The second kappa shape index (κ2) is 5.19. The second-order valence-corrected chi connectivity index (χ2v) is 5.66. The van der Waals surface area contributed by atoms with Crippen molar-refractivity contribution in [3.8, 4) is 0 Å². The highest BCUT2D eigenvalue weighted by molar-refractivity contribution is 5.78. The average Bonchev–Trinajstić information content (AvgIpc) is 2.99. The molecule has 104 valence electrons. The normalized spacial score (nSPS) is 23.7. The highest BCUT2D eigenvalue weighted by atomic mass is 15.3. The Hall–Kier alpha value is -1.59. The number of hydrogen-bond donors (Lipinski definition) is 1. The van der Waals surface area contributed by atoms with Crippen LogP contribution in [0.2, 0.25) is 0 Å². The minimum absolute atomic E-state index is 0.545. The van der Waals surface area contributed by atoms with E-state index in [1.807, 2.05) is 0 Å². The Bertz CT molecular complexity index is 477. The third-order valence-corrected chi connectivity index (χ3v) is 4.05. The monoisotopic (exact) mass is 262 g/mol. The molecule has 0 bridgehead atoms. The molecule has 1 aromatic heterocycles. The van der Waals surface area contributed by atoms with Crippen LogP contribution in [0.15, 0.2) is 4.99 Å². The zero-order valence-electron chi connectivity index (χ0n) is 11.5. The molecule has 3 heterocycles. The third-order valence-electron chi connectivity index (χ3n) is 4.05. The van der Waals surface area contributed by atoms with Crippen molar-refractivity contribution < 1.29 is 0 Å². The summed E-state index contributed by atoms with van der Waals surface area (Å²) in [6.45, 7) is 5.88. The van der Waals surface area contributed by atoms with Crippen LogP contribution in [0.25, 0.3) is 0 Å². The van der Waals surface area contributed by atoms with E-state index in [-0.39, 0.29) is 0 Å². The van der Waals surface area contributed by atoms with E-state index in [1.54, 1.807) is 0 Å². The molecular formula is C13H22N6. The van der Waals surface area contributed by atoms with E-state index in [0.29, 0.717) is 18.4 Å². The van der Waals surface area contributed by atoms with Gasteiger partial charge in [-0.05, 0) is 25.2 Å². The van der Waals surface area contributed by atoms with Crippen LogP contribution in [0.4, 0.5) is 0 Å². The molecule has 19 heavy (non-hydrogen) atoms. The summed E-state index contributed by atoms with van der Waals surface area (Å²) < 4.78 is 2.18. The molecule has 2 N–H and O–H groups in total. The Labute approximate surface area is 113 Å². The van der Waals surface area contributed by atoms with Crippen LogP contribution in [0.1, 0.15) is 37.8 Å². The topological polar surface area (TPSA) is 72.3 Å². The van der Waals surface area contributed by atoms with E-state index in [9.17, 15) is 0 Å². The fourth-order valence-electron chi connectivity index (χ4n) is 2.98. The summed E-state index contributed by atoms with van der Waals surface area (Å²) in [5, 5.41) is 8.39. The van der Waals surface area contributed by atoms with Crippen LogP contribution in [0, 0.1) is 5.92 Å². The minimum atomic E-state index is 0.545. The number of rotatable bonds is 2. The Kier molecular flexibility index (Phi) is 3.40. The maximum Gasteiger partial charge on any atom is 0.191 e. The lowest BCUT2D eigenvalue weighted by Gasteiger charge is -2.31. The van der Waals surface area contributed by atoms with Crippen molar-refractivity contribution in [2.75, 3.05) is 13.1 Å². The van der Waals surface area contributed by atoms with E-state index >= 15 is 0 Å². The van der Waals surface area contributed by atoms with Crippen molar-refractivity contribution in [2.24, 2.45) is 16.6 Å². The molecule has 1 unspecified atom stereocenters. The van der Waals surface area contributed by atoms with Crippen molar-refractivity contribution in [1.29, 1.82) is 0 Å². The highest BCUT2D eigenvalue weighted by Gasteiger charge is 2.19. The Balaban J connectivity index is 1.65. The van der Waals surface area contributed by atoms with E-state index in [0.717, 1.165) is 37.7 Å². The number of fused-ring (bicyclic) bond motifs is 1. The van der Waals surface area contributed by atoms with Gasteiger partial charge in [0.15, 0.2) is 11.8 Å². The van der Waals surface area contributed by atoms with Crippen LogP contribution in [0.5, 0.6) is 0 Å². The molecule has 6 heteroatoms. The first-order valence-corrected chi connectivity index (χ1v) is 7.20. The Morgan fingerprint density at radius 2 is 2.26 bits per heavy atom. The molecule has 2 aliphatic rings. The largest absolute Gasteiger partial charge is 0.370 e. The lowest BCUT2D eigenvalue weighted by Crippen LogP contribution is -2.43. The van der Waals surface area contributed by atoms with Gasteiger partial charge in [0.2, 0.25) is 0 Å². The van der Waals surface area contributed by atoms with Crippen LogP contribution >= 0.6 is 0 Å². The van der Waals surface area contributed by atoms with E-state index < -0.39 is 0 Å². The maximum atomic E-state index is 6.09. The van der Waals surface area contributed by atoms with Crippen LogP contribution in [0.3, 0.4) is 0 Å². The summed E-state index contributed by atoms with van der Waals surface area (Å²) >= 11 is 0. The van der Waals surface area contributed by atoms with E-state index in [1.165, 1.54) is 19.3 Å². The smallest absolute Gasteiger partial charge is 0.191 e. The number of aliphatic imine (C=N–C) groups is 1. The van der Waals surface area contributed by atoms with Crippen LogP contribution in [-0.2, 0) is 19.5 Å². The fourth-order valence-corrected chi connectivity index (χ4v) is 2.98. The molecule has 0 aliphatic carbocycles. The molecule has 1 saturated heterocycles. The summed E-state index contributed by atoms with van der Waals surface area (Å²) in [5.74, 6) is 3.40. The van der Waals surface area contributed by atoms with Crippen LogP contribution < -0.4 is 5.73 Å². The number of piperidine rings is 1. The van der Waals surface area contributed by atoms with Gasteiger partial charge < -0.3 is 15.2 Å². The number of likely N-dealkylation sites (tertiary alicyclic amines) is 1. The number of hydrogen-bond acceptors (Lipinski definition) is 3. The first-order valence-electron chi connectivity index (χ1n) is 7.20. The number of nitrogens with zero attached hydrogens (tertiary/aromatic N) is 5. The van der Waals surface area contributed by atoms with Crippen molar-refractivity contribution in [1.82, 2.24) is 19.7 Å². The average molecular weight is 262 g/mol. The molecule has 0 aromatic carbocycles. The van der Waals surface area contributed by atoms with E-state index in [4.69, 9.17) is 5.73 Å². The quantitative estimate of drug-likeness (QED) is 0.631. The summed E-state index contributed by atoms with van der Waals surface area (Å²) in [6, 6.07) is 0. The molecule has 2 aliphatic heterocycles. The van der Waals surface area contributed by atoms with Crippen LogP contribution in [-0.4, -0.2) is 38.7 Å². The molecule has 1 aromatic rings. The Morgan fingerprint density at radius 1 is 1.37 bits per heavy atom. The third kappa shape index (κ3) is 2.57. The molecule has 1 fully saturated rings. The van der Waals surface area contributed by atoms with Gasteiger partial charge in [-0.2, -0.15) is 0 Å². The molecule has 0 saturated carbocycles. The molecule has 6 nitrogen and oxygen atoms in total. The summed E-state index contributed by atoms with van der Waals surface area (Å²) in [7, 11) is 0. The van der Waals surface area contributed by atoms with Crippen molar-refractivity contribution >= 4 is 5.96 Å². The van der Waals surface area contributed by atoms with E-state index in [2.05, 4.69) is 31.6 Å². The van der Waals surface area contributed by atoms with Gasteiger partial charge in [0, 0.05) is 26.1 Å². The summed E-state index contributed by atoms with van der Waals surface area (Å²) in [5.41, 5.74) is 6.09. The first-order chi connectivity index (χ1) is 9.24. The maximum absolute atomic E-state index is 6.09. The summed E-state index contributed by atoms with van der Waals surface area (Å²) in [6.07, 6.45) is 4.70. The van der Waals surface area contributed by atoms with Gasteiger partial charge in [-0.1, -0.05) is 6.92 Å².